The van der Waals surface area contributed by atoms with Crippen molar-refractivity contribution < 1.29 is 14.1 Å². The fraction of sp³-hybridized carbons (Fsp3) is 0.308. The zero-order chi connectivity index (χ0) is 13.8. The summed E-state index contributed by atoms with van der Waals surface area (Å²) in [4.78, 5) is 15.1. The summed E-state index contributed by atoms with van der Waals surface area (Å²) in [6, 6.07) is 5.25. The van der Waals surface area contributed by atoms with Crippen molar-refractivity contribution in [3.05, 3.63) is 40.0 Å². The molecule has 6 heteroatoms. The maximum Gasteiger partial charge on any atom is 0.264 e. The van der Waals surface area contributed by atoms with Crippen molar-refractivity contribution in [3.63, 3.8) is 0 Å². The molecular weight excluding hydrogens is 312 g/mol. The molecule has 0 radical (unpaired) electrons. The highest BCUT2D eigenvalue weighted by molar-refractivity contribution is 9.10. The maximum atomic E-state index is 10.9. The Labute approximate surface area is 119 Å². The van der Waals surface area contributed by atoms with E-state index in [1.807, 2.05) is 13.8 Å². The van der Waals surface area contributed by atoms with Crippen LogP contribution in [0.5, 0.6) is 5.75 Å². The lowest BCUT2D eigenvalue weighted by molar-refractivity contribution is 0.111. The molecule has 0 atom stereocenters. The molecule has 0 saturated heterocycles. The zero-order valence-corrected chi connectivity index (χ0v) is 12.2. The molecule has 1 aromatic heterocycles. The Morgan fingerprint density at radius 3 is 2.89 bits per heavy atom. The number of aromatic nitrogens is 2. The van der Waals surface area contributed by atoms with Gasteiger partial charge in [-0.3, -0.25) is 4.79 Å². The quantitative estimate of drug-likeness (QED) is 0.789. The van der Waals surface area contributed by atoms with E-state index >= 15 is 0 Å². The number of benzene rings is 1. The van der Waals surface area contributed by atoms with Crippen molar-refractivity contribution in [2.75, 3.05) is 0 Å². The van der Waals surface area contributed by atoms with Crippen LogP contribution in [0, 0.1) is 0 Å². The van der Waals surface area contributed by atoms with E-state index in [9.17, 15) is 4.79 Å². The SMILES string of the molecule is CC(C)c1noc(COc2c(Br)cccc2C=O)n1. The van der Waals surface area contributed by atoms with E-state index in [4.69, 9.17) is 9.26 Å². The van der Waals surface area contributed by atoms with E-state index in [-0.39, 0.29) is 12.5 Å². The van der Waals surface area contributed by atoms with Gasteiger partial charge in [0.05, 0.1) is 10.0 Å². The van der Waals surface area contributed by atoms with Crippen LogP contribution in [0.25, 0.3) is 0 Å². The van der Waals surface area contributed by atoms with Crippen molar-refractivity contribution >= 4 is 22.2 Å². The van der Waals surface area contributed by atoms with Gasteiger partial charge in [-0.25, -0.2) is 0 Å². The molecular formula is C13H13BrN2O3. The van der Waals surface area contributed by atoms with E-state index in [1.54, 1.807) is 18.2 Å². The molecule has 1 heterocycles. The lowest BCUT2D eigenvalue weighted by Crippen LogP contribution is -2.00. The number of nitrogens with zero attached hydrogens (tertiary/aromatic N) is 2. The molecule has 0 aliphatic rings. The normalized spacial score (nSPS) is 10.7. The Bertz CT molecular complexity index is 581. The number of carbonyl (C=O) groups excluding carboxylic acids is 1. The molecule has 2 rings (SSSR count). The number of ether oxygens (including phenoxy) is 1. The summed E-state index contributed by atoms with van der Waals surface area (Å²) in [5.74, 6) is 1.70. The van der Waals surface area contributed by atoms with Gasteiger partial charge in [0.25, 0.3) is 5.89 Å². The van der Waals surface area contributed by atoms with E-state index in [0.29, 0.717) is 27.5 Å². The van der Waals surface area contributed by atoms with Crippen LogP contribution in [0.3, 0.4) is 0 Å². The largest absolute Gasteiger partial charge is 0.482 e. The summed E-state index contributed by atoms with van der Waals surface area (Å²) in [5, 5.41) is 3.85. The van der Waals surface area contributed by atoms with Gasteiger partial charge >= 0.3 is 0 Å². The molecule has 0 aliphatic carbocycles. The third-order valence-corrected chi connectivity index (χ3v) is 3.09. The number of aldehydes is 1. The van der Waals surface area contributed by atoms with E-state index in [0.717, 1.165) is 6.29 Å². The average Bonchev–Trinajstić information content (AvgIpc) is 2.86. The summed E-state index contributed by atoms with van der Waals surface area (Å²) in [6.07, 6.45) is 0.744. The molecule has 0 aliphatic heterocycles. The van der Waals surface area contributed by atoms with E-state index in [1.165, 1.54) is 0 Å². The maximum absolute atomic E-state index is 10.9. The predicted octanol–water partition coefficient (Wildman–Crippen LogP) is 3.35. The number of halogens is 1. The molecule has 0 unspecified atom stereocenters. The smallest absolute Gasteiger partial charge is 0.264 e. The summed E-state index contributed by atoms with van der Waals surface area (Å²) in [7, 11) is 0. The molecule has 0 saturated carbocycles. The van der Waals surface area contributed by atoms with Crippen molar-refractivity contribution in [1.82, 2.24) is 10.1 Å². The average molecular weight is 325 g/mol. The molecule has 100 valence electrons. The highest BCUT2D eigenvalue weighted by atomic mass is 79.9. The Kier molecular flexibility index (Phi) is 4.31. The van der Waals surface area contributed by atoms with Gasteiger partial charge in [0.15, 0.2) is 18.7 Å². The highest BCUT2D eigenvalue weighted by Gasteiger charge is 2.12. The summed E-state index contributed by atoms with van der Waals surface area (Å²) >= 11 is 3.34. The first-order valence-electron chi connectivity index (χ1n) is 5.80. The topological polar surface area (TPSA) is 65.2 Å². The first-order chi connectivity index (χ1) is 9.11. The van der Waals surface area contributed by atoms with Crippen LogP contribution in [0.1, 0.15) is 41.8 Å². The molecule has 2 aromatic rings. The van der Waals surface area contributed by atoms with Crippen LogP contribution in [-0.4, -0.2) is 16.4 Å². The minimum absolute atomic E-state index is 0.128. The fourth-order valence-corrected chi connectivity index (χ4v) is 1.96. The lowest BCUT2D eigenvalue weighted by Gasteiger charge is -2.07. The number of rotatable bonds is 5. The van der Waals surface area contributed by atoms with Crippen LogP contribution in [0.4, 0.5) is 0 Å². The first kappa shape index (κ1) is 13.7. The third-order valence-electron chi connectivity index (χ3n) is 2.46. The van der Waals surface area contributed by atoms with Gasteiger partial charge in [-0.05, 0) is 28.1 Å². The van der Waals surface area contributed by atoms with Gasteiger partial charge in [0.2, 0.25) is 0 Å². The minimum Gasteiger partial charge on any atom is -0.482 e. The van der Waals surface area contributed by atoms with Gasteiger partial charge in [0.1, 0.15) is 5.75 Å². The van der Waals surface area contributed by atoms with Crippen molar-refractivity contribution in [2.24, 2.45) is 0 Å². The van der Waals surface area contributed by atoms with Crippen LogP contribution in [-0.2, 0) is 6.61 Å². The first-order valence-corrected chi connectivity index (χ1v) is 6.60. The van der Waals surface area contributed by atoms with Gasteiger partial charge in [-0.1, -0.05) is 25.1 Å². The Hall–Kier alpha value is -1.69. The van der Waals surface area contributed by atoms with Crippen LogP contribution < -0.4 is 4.74 Å². The van der Waals surface area contributed by atoms with Crippen molar-refractivity contribution in [3.8, 4) is 5.75 Å². The Morgan fingerprint density at radius 1 is 1.47 bits per heavy atom. The molecule has 0 bridgehead atoms. The molecule has 0 spiro atoms. The lowest BCUT2D eigenvalue weighted by atomic mass is 10.2. The number of hydrogen-bond acceptors (Lipinski definition) is 5. The molecule has 5 nitrogen and oxygen atoms in total. The molecule has 1 aromatic carbocycles. The van der Waals surface area contributed by atoms with Crippen LogP contribution >= 0.6 is 15.9 Å². The second-order valence-electron chi connectivity index (χ2n) is 4.27. The number of carbonyl (C=O) groups is 1. The Balaban J connectivity index is 2.12. The Morgan fingerprint density at radius 2 is 2.26 bits per heavy atom. The van der Waals surface area contributed by atoms with Crippen molar-refractivity contribution in [2.45, 2.75) is 26.4 Å². The van der Waals surface area contributed by atoms with E-state index < -0.39 is 0 Å². The van der Waals surface area contributed by atoms with Gasteiger partial charge in [0, 0.05) is 5.92 Å². The third kappa shape index (κ3) is 3.20. The van der Waals surface area contributed by atoms with Gasteiger partial charge < -0.3 is 9.26 Å². The molecule has 19 heavy (non-hydrogen) atoms. The highest BCUT2D eigenvalue weighted by Crippen LogP contribution is 2.28. The van der Waals surface area contributed by atoms with Crippen molar-refractivity contribution in [1.29, 1.82) is 0 Å². The molecule has 0 fully saturated rings. The fourth-order valence-electron chi connectivity index (χ4n) is 1.47. The zero-order valence-electron chi connectivity index (χ0n) is 10.6. The minimum atomic E-state index is 0.128. The summed E-state index contributed by atoms with van der Waals surface area (Å²) in [6.45, 7) is 4.09. The number of para-hydroxylation sites is 1. The second kappa shape index (κ2) is 5.97. The monoisotopic (exact) mass is 324 g/mol. The summed E-state index contributed by atoms with van der Waals surface area (Å²) < 4.78 is 11.3. The predicted molar refractivity (Wildman–Crippen MR) is 72.2 cm³/mol. The molecule has 0 amide bonds. The van der Waals surface area contributed by atoms with Crippen LogP contribution in [0.15, 0.2) is 27.2 Å². The second-order valence-corrected chi connectivity index (χ2v) is 5.12. The van der Waals surface area contributed by atoms with Crippen LogP contribution in [0.2, 0.25) is 0 Å². The van der Waals surface area contributed by atoms with Gasteiger partial charge in [-0.2, -0.15) is 4.98 Å². The van der Waals surface area contributed by atoms with E-state index in [2.05, 4.69) is 26.1 Å². The molecule has 0 N–H and O–H groups in total. The number of hydrogen-bond donors (Lipinski definition) is 0. The van der Waals surface area contributed by atoms with Gasteiger partial charge in [-0.15, -0.1) is 0 Å². The summed E-state index contributed by atoms with van der Waals surface area (Å²) in [5.41, 5.74) is 0.470. The standard InChI is InChI=1S/C13H13BrN2O3/c1-8(2)13-15-11(19-16-13)7-18-12-9(6-17)4-3-5-10(12)14/h3-6,8H,7H2,1-2H3.